The van der Waals surface area contributed by atoms with Gasteiger partial charge in [0, 0.05) is 12.6 Å². The molecule has 1 saturated carbocycles. The second kappa shape index (κ2) is 10.8. The van der Waals surface area contributed by atoms with E-state index in [0.29, 0.717) is 0 Å². The van der Waals surface area contributed by atoms with Crippen LogP contribution in [0.3, 0.4) is 0 Å². The molecule has 0 aromatic heterocycles. The van der Waals surface area contributed by atoms with E-state index in [4.69, 9.17) is 4.74 Å². The Balaban J connectivity index is 1.87. The minimum Gasteiger partial charge on any atom is -0.495 e. The third-order valence-corrected chi connectivity index (χ3v) is 7.49. The molecule has 0 atom stereocenters. The van der Waals surface area contributed by atoms with Gasteiger partial charge in [0.15, 0.2) is 0 Å². The molecule has 1 N–H and O–H groups in total. The lowest BCUT2D eigenvalue weighted by Gasteiger charge is -2.24. The lowest BCUT2D eigenvalue weighted by Crippen LogP contribution is -2.43. The molecule has 1 aliphatic carbocycles. The van der Waals surface area contributed by atoms with Crippen molar-refractivity contribution >= 4 is 15.9 Å². The summed E-state index contributed by atoms with van der Waals surface area (Å²) in [4.78, 5) is 13.0. The molecule has 168 valence electrons. The zero-order valence-electron chi connectivity index (χ0n) is 18.3. The van der Waals surface area contributed by atoms with Crippen LogP contribution >= 0.6 is 0 Å². The van der Waals surface area contributed by atoms with Gasteiger partial charge in [-0.05, 0) is 43.0 Å². The number of ether oxygens (including phenoxy) is 1. The van der Waals surface area contributed by atoms with Crippen LogP contribution in [0.5, 0.6) is 5.75 Å². The van der Waals surface area contributed by atoms with Gasteiger partial charge in [-0.1, -0.05) is 62.1 Å². The molecule has 0 heterocycles. The number of nitrogens with zero attached hydrogens (tertiary/aromatic N) is 1. The highest BCUT2D eigenvalue weighted by Gasteiger charge is 2.30. The maximum atomic E-state index is 13.6. The smallest absolute Gasteiger partial charge is 0.247 e. The van der Waals surface area contributed by atoms with Crippen LogP contribution in [0.25, 0.3) is 0 Å². The first kappa shape index (κ1) is 23.3. The Morgan fingerprint density at radius 2 is 1.74 bits per heavy atom. The number of sulfonamides is 1. The molecule has 2 aromatic carbocycles. The van der Waals surface area contributed by atoms with Crippen LogP contribution in [0.15, 0.2) is 53.4 Å². The molecular formula is C24H32N2O4S. The van der Waals surface area contributed by atoms with Gasteiger partial charge in [-0.25, -0.2) is 8.42 Å². The molecule has 31 heavy (non-hydrogen) atoms. The summed E-state index contributed by atoms with van der Waals surface area (Å²) in [6.45, 7) is 1.71. The molecule has 0 saturated heterocycles. The first-order chi connectivity index (χ1) is 14.9. The van der Waals surface area contributed by atoms with Crippen molar-refractivity contribution in [3.05, 3.63) is 59.7 Å². The van der Waals surface area contributed by atoms with Gasteiger partial charge >= 0.3 is 0 Å². The van der Waals surface area contributed by atoms with Gasteiger partial charge in [-0.15, -0.1) is 0 Å². The number of benzene rings is 2. The summed E-state index contributed by atoms with van der Waals surface area (Å²) in [5.41, 5.74) is 1.63. The predicted molar refractivity (Wildman–Crippen MR) is 121 cm³/mol. The van der Waals surface area contributed by atoms with Crippen LogP contribution in [0, 0.1) is 6.92 Å². The van der Waals surface area contributed by atoms with Crippen LogP contribution < -0.4 is 10.1 Å². The van der Waals surface area contributed by atoms with E-state index >= 15 is 0 Å². The largest absolute Gasteiger partial charge is 0.495 e. The number of nitrogens with one attached hydrogen (secondary N) is 1. The highest BCUT2D eigenvalue weighted by Crippen LogP contribution is 2.28. The Labute approximate surface area is 185 Å². The van der Waals surface area contributed by atoms with Crippen molar-refractivity contribution < 1.29 is 17.9 Å². The summed E-state index contributed by atoms with van der Waals surface area (Å²) in [7, 11) is -2.51. The van der Waals surface area contributed by atoms with E-state index in [1.54, 1.807) is 18.2 Å². The van der Waals surface area contributed by atoms with Crippen LogP contribution in [-0.2, 0) is 21.4 Å². The highest BCUT2D eigenvalue weighted by molar-refractivity contribution is 7.89. The number of aryl methyl sites for hydroxylation is 1. The molecule has 1 fully saturated rings. The molecule has 7 heteroatoms. The topological polar surface area (TPSA) is 75.7 Å². The van der Waals surface area contributed by atoms with Crippen LogP contribution in [0.1, 0.15) is 49.7 Å². The summed E-state index contributed by atoms with van der Waals surface area (Å²) < 4.78 is 33.8. The van der Waals surface area contributed by atoms with E-state index in [1.165, 1.54) is 24.3 Å². The van der Waals surface area contributed by atoms with Gasteiger partial charge < -0.3 is 10.1 Å². The van der Waals surface area contributed by atoms with Gasteiger partial charge in [-0.2, -0.15) is 4.31 Å². The SMILES string of the molecule is COc1ccc(C)cc1S(=O)(=O)N(CC(=O)NC1CCCCCC1)Cc1ccccc1. The maximum absolute atomic E-state index is 13.6. The number of rotatable bonds is 8. The van der Waals surface area contributed by atoms with Gasteiger partial charge in [0.05, 0.1) is 13.7 Å². The Morgan fingerprint density at radius 1 is 1.06 bits per heavy atom. The number of methoxy groups -OCH3 is 1. The van der Waals surface area contributed by atoms with Gasteiger partial charge in [0.1, 0.15) is 10.6 Å². The van der Waals surface area contributed by atoms with Crippen molar-refractivity contribution in [1.82, 2.24) is 9.62 Å². The van der Waals surface area contributed by atoms with E-state index in [0.717, 1.165) is 36.8 Å². The van der Waals surface area contributed by atoms with Crippen LogP contribution in [0.4, 0.5) is 0 Å². The van der Waals surface area contributed by atoms with Crippen molar-refractivity contribution in [1.29, 1.82) is 0 Å². The van der Waals surface area contributed by atoms with E-state index in [2.05, 4.69) is 5.32 Å². The fourth-order valence-corrected chi connectivity index (χ4v) is 5.62. The van der Waals surface area contributed by atoms with Crippen molar-refractivity contribution in [3.8, 4) is 5.75 Å². The normalized spacial score (nSPS) is 15.5. The average molecular weight is 445 g/mol. The second-order valence-electron chi connectivity index (χ2n) is 8.17. The standard InChI is InChI=1S/C24H32N2O4S/c1-19-14-15-22(30-2)23(16-19)31(28,29)26(17-20-10-6-5-7-11-20)18-24(27)25-21-12-8-3-4-9-13-21/h5-7,10-11,14-16,21H,3-4,8-9,12-13,17-18H2,1-2H3,(H,25,27). The Kier molecular flexibility index (Phi) is 8.09. The summed E-state index contributed by atoms with van der Waals surface area (Å²) in [6.07, 6.45) is 6.46. The fourth-order valence-electron chi connectivity index (χ4n) is 3.99. The predicted octanol–water partition coefficient (Wildman–Crippen LogP) is 4.03. The number of hydrogen-bond acceptors (Lipinski definition) is 4. The third-order valence-electron chi connectivity index (χ3n) is 5.68. The molecule has 6 nitrogen and oxygen atoms in total. The molecule has 1 amide bonds. The molecule has 1 aliphatic rings. The van der Waals surface area contributed by atoms with Crippen LogP contribution in [-0.4, -0.2) is 38.3 Å². The summed E-state index contributed by atoms with van der Waals surface area (Å²) >= 11 is 0. The number of amides is 1. The first-order valence-corrected chi connectivity index (χ1v) is 12.3. The zero-order chi connectivity index (χ0) is 22.3. The van der Waals surface area contributed by atoms with E-state index in [9.17, 15) is 13.2 Å². The number of carbonyl (C=O) groups excluding carboxylic acids is 1. The average Bonchev–Trinajstić information content (AvgIpc) is 3.02. The first-order valence-electron chi connectivity index (χ1n) is 10.9. The minimum atomic E-state index is -3.96. The summed E-state index contributed by atoms with van der Waals surface area (Å²) in [5, 5.41) is 3.06. The molecule has 0 unspecified atom stereocenters. The Bertz CT molecular complexity index is 968. The van der Waals surface area contributed by atoms with Crippen LogP contribution in [0.2, 0.25) is 0 Å². The van der Waals surface area contributed by atoms with E-state index in [1.807, 2.05) is 37.3 Å². The molecule has 0 aliphatic heterocycles. The third kappa shape index (κ3) is 6.31. The summed E-state index contributed by atoms with van der Waals surface area (Å²) in [6, 6.07) is 14.5. The van der Waals surface area contributed by atoms with E-state index < -0.39 is 10.0 Å². The number of hydrogen-bond donors (Lipinski definition) is 1. The minimum absolute atomic E-state index is 0.0770. The van der Waals surface area contributed by atoms with Gasteiger partial charge in [0.25, 0.3) is 0 Å². The monoisotopic (exact) mass is 444 g/mol. The van der Waals surface area contributed by atoms with E-state index in [-0.39, 0.29) is 35.7 Å². The zero-order valence-corrected chi connectivity index (χ0v) is 19.2. The molecule has 0 bridgehead atoms. The lowest BCUT2D eigenvalue weighted by atomic mass is 10.1. The maximum Gasteiger partial charge on any atom is 0.247 e. The van der Waals surface area contributed by atoms with Gasteiger partial charge in [0.2, 0.25) is 15.9 Å². The fraction of sp³-hybridized carbons (Fsp3) is 0.458. The Hall–Kier alpha value is -2.38. The van der Waals surface area contributed by atoms with Crippen molar-refractivity contribution in [2.45, 2.75) is 62.9 Å². The Morgan fingerprint density at radius 3 is 2.39 bits per heavy atom. The highest BCUT2D eigenvalue weighted by atomic mass is 32.2. The van der Waals surface area contributed by atoms with Gasteiger partial charge in [-0.3, -0.25) is 4.79 Å². The molecular weight excluding hydrogens is 412 g/mol. The summed E-state index contributed by atoms with van der Waals surface area (Å²) in [5.74, 6) is 0.00543. The van der Waals surface area contributed by atoms with Crippen molar-refractivity contribution in [2.24, 2.45) is 0 Å². The molecule has 3 rings (SSSR count). The molecule has 2 aromatic rings. The lowest BCUT2D eigenvalue weighted by molar-refractivity contribution is -0.122. The number of carbonyl (C=O) groups is 1. The molecule has 0 spiro atoms. The molecule has 0 radical (unpaired) electrons. The van der Waals surface area contributed by atoms with Crippen molar-refractivity contribution in [2.75, 3.05) is 13.7 Å². The second-order valence-corrected chi connectivity index (χ2v) is 10.1. The van der Waals surface area contributed by atoms with Crippen molar-refractivity contribution in [3.63, 3.8) is 0 Å². The quantitative estimate of drug-likeness (QED) is 0.624.